The van der Waals surface area contributed by atoms with Crippen LogP contribution in [0, 0.1) is 5.82 Å². The number of ether oxygens (including phenoxy) is 1. The van der Waals surface area contributed by atoms with Gasteiger partial charge in [0.2, 0.25) is 5.13 Å². The molecule has 0 saturated heterocycles. The topological polar surface area (TPSA) is 64.1 Å². The molecular formula is C23H20FN3O2S2. The van der Waals surface area contributed by atoms with E-state index in [-0.39, 0.29) is 11.7 Å². The average Bonchev–Trinajstić information content (AvgIpc) is 3.24. The molecule has 0 aliphatic heterocycles. The molecule has 1 N–H and O–H groups in total. The van der Waals surface area contributed by atoms with Crippen LogP contribution in [-0.2, 0) is 10.5 Å². The van der Waals surface area contributed by atoms with E-state index in [0.29, 0.717) is 11.6 Å². The summed E-state index contributed by atoms with van der Waals surface area (Å²) >= 11 is 2.87. The molecular weight excluding hydrogens is 433 g/mol. The standard InChI is InChI=1S/C23H20FN3O2S2/c1-2-19(29-20-13-6-5-12-18(20)24)21(28)25-22-26-27-23(31-22)30-14-16-10-7-9-15-8-3-4-11-17(15)16/h3-13,19H,2,14H2,1H3,(H,25,26,28). The molecule has 1 unspecified atom stereocenters. The fourth-order valence-electron chi connectivity index (χ4n) is 3.08. The summed E-state index contributed by atoms with van der Waals surface area (Å²) in [6.45, 7) is 1.80. The van der Waals surface area contributed by atoms with Crippen LogP contribution in [0.5, 0.6) is 5.75 Å². The van der Waals surface area contributed by atoms with E-state index in [0.717, 1.165) is 10.1 Å². The molecule has 0 bridgehead atoms. The number of carbonyl (C=O) groups is 1. The first-order valence-electron chi connectivity index (χ1n) is 9.79. The molecule has 1 aromatic heterocycles. The molecule has 0 aliphatic carbocycles. The van der Waals surface area contributed by atoms with Gasteiger partial charge in [0, 0.05) is 5.75 Å². The fraction of sp³-hybridized carbons (Fsp3) is 0.174. The van der Waals surface area contributed by atoms with E-state index < -0.39 is 11.9 Å². The second-order valence-corrected chi connectivity index (χ2v) is 8.93. The van der Waals surface area contributed by atoms with Crippen molar-refractivity contribution in [3.8, 4) is 5.75 Å². The highest BCUT2D eigenvalue weighted by Crippen LogP contribution is 2.31. The minimum Gasteiger partial charge on any atom is -0.478 e. The van der Waals surface area contributed by atoms with Crippen LogP contribution >= 0.6 is 23.1 Å². The molecule has 8 heteroatoms. The van der Waals surface area contributed by atoms with Crippen LogP contribution in [0.1, 0.15) is 18.9 Å². The number of para-hydroxylation sites is 1. The number of halogens is 1. The summed E-state index contributed by atoms with van der Waals surface area (Å²) in [7, 11) is 0. The number of aromatic nitrogens is 2. The highest BCUT2D eigenvalue weighted by molar-refractivity contribution is 8.00. The Morgan fingerprint density at radius 1 is 1.10 bits per heavy atom. The molecule has 1 atom stereocenters. The molecule has 4 aromatic rings. The molecule has 0 aliphatic rings. The van der Waals surface area contributed by atoms with Crippen LogP contribution in [0.3, 0.4) is 0 Å². The van der Waals surface area contributed by atoms with Gasteiger partial charge in [-0.3, -0.25) is 10.1 Å². The lowest BCUT2D eigenvalue weighted by molar-refractivity contribution is -0.122. The first-order valence-corrected chi connectivity index (χ1v) is 11.6. The predicted octanol–water partition coefficient (Wildman–Crippen LogP) is 5.92. The average molecular weight is 454 g/mol. The zero-order valence-corrected chi connectivity index (χ0v) is 18.4. The van der Waals surface area contributed by atoms with Crippen molar-refractivity contribution in [2.75, 3.05) is 5.32 Å². The van der Waals surface area contributed by atoms with Gasteiger partial charge in [-0.1, -0.05) is 84.6 Å². The Morgan fingerprint density at radius 2 is 1.87 bits per heavy atom. The van der Waals surface area contributed by atoms with Gasteiger partial charge in [0.15, 0.2) is 22.0 Å². The molecule has 3 aromatic carbocycles. The first kappa shape index (κ1) is 21.3. The van der Waals surface area contributed by atoms with Crippen LogP contribution in [0.4, 0.5) is 9.52 Å². The minimum absolute atomic E-state index is 0.0492. The smallest absolute Gasteiger partial charge is 0.267 e. The highest BCUT2D eigenvalue weighted by Gasteiger charge is 2.21. The van der Waals surface area contributed by atoms with Crippen molar-refractivity contribution < 1.29 is 13.9 Å². The molecule has 0 radical (unpaired) electrons. The lowest BCUT2D eigenvalue weighted by atomic mass is 10.1. The van der Waals surface area contributed by atoms with Gasteiger partial charge >= 0.3 is 0 Å². The number of carbonyl (C=O) groups excluding carboxylic acids is 1. The van der Waals surface area contributed by atoms with Gasteiger partial charge in [-0.2, -0.15) is 0 Å². The van der Waals surface area contributed by atoms with Gasteiger partial charge in [0.25, 0.3) is 5.91 Å². The summed E-state index contributed by atoms with van der Waals surface area (Å²) in [5.74, 6) is -0.0878. The highest BCUT2D eigenvalue weighted by atomic mass is 32.2. The van der Waals surface area contributed by atoms with E-state index in [4.69, 9.17) is 4.74 Å². The van der Waals surface area contributed by atoms with Crippen molar-refractivity contribution in [2.45, 2.75) is 29.5 Å². The Bertz CT molecular complexity index is 1190. The lowest BCUT2D eigenvalue weighted by Gasteiger charge is -2.16. The van der Waals surface area contributed by atoms with Gasteiger partial charge in [0.05, 0.1) is 0 Å². The first-order chi connectivity index (χ1) is 15.1. The molecule has 158 valence electrons. The third kappa shape index (κ3) is 5.21. The van der Waals surface area contributed by atoms with Crippen LogP contribution in [0.25, 0.3) is 10.8 Å². The fourth-order valence-corrected chi connectivity index (χ4v) is 4.84. The summed E-state index contributed by atoms with van der Waals surface area (Å²) in [6, 6.07) is 20.5. The molecule has 31 heavy (non-hydrogen) atoms. The van der Waals surface area contributed by atoms with Crippen molar-refractivity contribution >= 4 is 44.9 Å². The number of benzene rings is 3. The number of nitrogens with one attached hydrogen (secondary N) is 1. The lowest BCUT2D eigenvalue weighted by Crippen LogP contribution is -2.32. The Hall–Kier alpha value is -2.97. The Kier molecular flexibility index (Phi) is 6.79. The predicted molar refractivity (Wildman–Crippen MR) is 123 cm³/mol. The van der Waals surface area contributed by atoms with Crippen LogP contribution in [0.15, 0.2) is 71.1 Å². The van der Waals surface area contributed by atoms with Crippen molar-refractivity contribution in [1.82, 2.24) is 10.2 Å². The van der Waals surface area contributed by atoms with Crippen molar-refractivity contribution in [2.24, 2.45) is 0 Å². The number of hydrogen-bond acceptors (Lipinski definition) is 6. The normalized spacial score (nSPS) is 11.9. The van der Waals surface area contributed by atoms with Gasteiger partial charge in [-0.05, 0) is 34.9 Å². The van der Waals surface area contributed by atoms with Gasteiger partial charge in [-0.25, -0.2) is 4.39 Å². The van der Waals surface area contributed by atoms with E-state index >= 15 is 0 Å². The second-order valence-electron chi connectivity index (χ2n) is 6.73. The number of amides is 1. The summed E-state index contributed by atoms with van der Waals surface area (Å²) in [4.78, 5) is 12.6. The summed E-state index contributed by atoms with van der Waals surface area (Å²) < 4.78 is 20.1. The number of anilines is 1. The third-order valence-corrected chi connectivity index (χ3v) is 6.66. The van der Waals surface area contributed by atoms with Crippen molar-refractivity contribution in [3.63, 3.8) is 0 Å². The third-order valence-electron chi connectivity index (χ3n) is 4.64. The zero-order valence-electron chi connectivity index (χ0n) is 16.7. The summed E-state index contributed by atoms with van der Waals surface area (Å²) in [5.41, 5.74) is 1.22. The van der Waals surface area contributed by atoms with Crippen LogP contribution in [0.2, 0.25) is 0 Å². The van der Waals surface area contributed by atoms with E-state index in [1.165, 1.54) is 39.8 Å². The number of nitrogens with zero attached hydrogens (tertiary/aromatic N) is 2. The van der Waals surface area contributed by atoms with E-state index in [1.807, 2.05) is 18.2 Å². The van der Waals surface area contributed by atoms with Gasteiger partial charge < -0.3 is 4.74 Å². The number of rotatable bonds is 8. The largest absolute Gasteiger partial charge is 0.478 e. The summed E-state index contributed by atoms with van der Waals surface area (Å²) in [6.07, 6.45) is -0.436. The zero-order chi connectivity index (χ0) is 21.6. The van der Waals surface area contributed by atoms with E-state index in [9.17, 15) is 9.18 Å². The molecule has 1 amide bonds. The summed E-state index contributed by atoms with van der Waals surface area (Å²) in [5, 5.41) is 13.8. The molecule has 0 spiro atoms. The second kappa shape index (κ2) is 9.89. The maximum atomic E-state index is 13.8. The molecule has 1 heterocycles. The number of hydrogen-bond donors (Lipinski definition) is 1. The Balaban J connectivity index is 1.38. The maximum absolute atomic E-state index is 13.8. The number of fused-ring (bicyclic) bond motifs is 1. The molecule has 4 rings (SSSR count). The van der Waals surface area contributed by atoms with Gasteiger partial charge in [0.1, 0.15) is 0 Å². The van der Waals surface area contributed by atoms with Crippen LogP contribution in [-0.4, -0.2) is 22.2 Å². The Morgan fingerprint density at radius 3 is 2.71 bits per heavy atom. The molecule has 5 nitrogen and oxygen atoms in total. The van der Waals surface area contributed by atoms with Crippen molar-refractivity contribution in [3.05, 3.63) is 78.1 Å². The molecule has 0 fully saturated rings. The quantitative estimate of drug-likeness (QED) is 0.265. The van der Waals surface area contributed by atoms with E-state index in [2.05, 4.69) is 39.8 Å². The monoisotopic (exact) mass is 453 g/mol. The SMILES string of the molecule is CCC(Oc1ccccc1F)C(=O)Nc1nnc(SCc2cccc3ccccc23)s1. The maximum Gasteiger partial charge on any atom is 0.267 e. The van der Waals surface area contributed by atoms with E-state index in [1.54, 1.807) is 30.8 Å². The Labute approximate surface area is 187 Å². The molecule has 0 saturated carbocycles. The van der Waals surface area contributed by atoms with Crippen molar-refractivity contribution in [1.29, 1.82) is 0 Å². The van der Waals surface area contributed by atoms with Gasteiger partial charge in [-0.15, -0.1) is 10.2 Å². The minimum atomic E-state index is -0.826. The van der Waals surface area contributed by atoms with Crippen LogP contribution < -0.4 is 10.1 Å². The number of thioether (sulfide) groups is 1.